The number of carboxylic acids is 1. The summed E-state index contributed by atoms with van der Waals surface area (Å²) in [5, 5.41) is 10.3. The third-order valence-corrected chi connectivity index (χ3v) is 8.14. The Hall–Kier alpha value is -2.66. The summed E-state index contributed by atoms with van der Waals surface area (Å²) >= 11 is 0. The van der Waals surface area contributed by atoms with Crippen LogP contribution in [0.3, 0.4) is 0 Å². The molecule has 200 valence electrons. The van der Waals surface area contributed by atoms with E-state index in [0.717, 1.165) is 39.8 Å². The molecule has 2 aliphatic rings. The van der Waals surface area contributed by atoms with Gasteiger partial charge in [0, 0.05) is 25.1 Å². The van der Waals surface area contributed by atoms with Gasteiger partial charge in [0.25, 0.3) is 0 Å². The fraction of sp³-hybridized carbons (Fsp3) is 0.562. The molecule has 0 radical (unpaired) electrons. The number of amides is 1. The number of aryl methyl sites for hydroxylation is 1. The molecule has 0 spiro atoms. The van der Waals surface area contributed by atoms with Gasteiger partial charge in [-0.25, -0.2) is 4.79 Å². The Kier molecular flexibility index (Phi) is 8.13. The minimum Gasteiger partial charge on any atom is -0.479 e. The fourth-order valence-electron chi connectivity index (χ4n) is 6.21. The van der Waals surface area contributed by atoms with Crippen LogP contribution in [-0.4, -0.2) is 34.0 Å². The van der Waals surface area contributed by atoms with Gasteiger partial charge in [-0.1, -0.05) is 49.1 Å². The highest BCUT2D eigenvalue weighted by Crippen LogP contribution is 2.43. The lowest BCUT2D eigenvalue weighted by Gasteiger charge is -2.36. The van der Waals surface area contributed by atoms with Crippen LogP contribution in [0, 0.1) is 26.7 Å². The number of nitrogens with zero attached hydrogens (tertiary/aromatic N) is 1. The number of aliphatic carboxylic acids is 1. The molecule has 2 aromatic carbocycles. The Balaban J connectivity index is 1.79. The number of hydrogen-bond acceptors (Lipinski definition) is 3. The second kappa shape index (κ2) is 11.0. The van der Waals surface area contributed by atoms with Gasteiger partial charge in [0.15, 0.2) is 6.10 Å². The molecule has 5 heteroatoms. The maximum atomic E-state index is 13.3. The van der Waals surface area contributed by atoms with E-state index in [-0.39, 0.29) is 5.91 Å². The molecule has 1 aliphatic carbocycles. The lowest BCUT2D eigenvalue weighted by atomic mass is 9.80. The van der Waals surface area contributed by atoms with Crippen molar-refractivity contribution in [2.75, 3.05) is 6.54 Å². The molecule has 1 N–H and O–H groups in total. The molecule has 1 heterocycles. The molecule has 1 atom stereocenters. The van der Waals surface area contributed by atoms with Crippen LogP contribution in [0.25, 0.3) is 11.1 Å². The molecule has 2 aromatic rings. The number of carboxylic acid groups (broad SMARTS) is 1. The van der Waals surface area contributed by atoms with Crippen LogP contribution in [0.5, 0.6) is 0 Å². The van der Waals surface area contributed by atoms with Crippen LogP contribution >= 0.6 is 0 Å². The SMILES string of the molecule is Cc1ccc(-c2c(C)c3c(c(C)c2[C@H](OC(C)(C)C)C(=O)O)CCN(C(=O)CC2CCCCC2)C3)cc1. The summed E-state index contributed by atoms with van der Waals surface area (Å²) in [5.74, 6) is -0.206. The quantitative estimate of drug-likeness (QED) is 0.456. The summed E-state index contributed by atoms with van der Waals surface area (Å²) in [7, 11) is 0. The van der Waals surface area contributed by atoms with E-state index in [1.807, 2.05) is 39.5 Å². The Morgan fingerprint density at radius 3 is 2.24 bits per heavy atom. The maximum absolute atomic E-state index is 13.3. The first-order valence-electron chi connectivity index (χ1n) is 13.9. The van der Waals surface area contributed by atoms with E-state index >= 15 is 0 Å². The second-order valence-corrected chi connectivity index (χ2v) is 12.1. The van der Waals surface area contributed by atoms with Crippen LogP contribution in [0.4, 0.5) is 0 Å². The number of carbonyl (C=O) groups excluding carboxylic acids is 1. The van der Waals surface area contributed by atoms with E-state index in [1.165, 1.54) is 43.2 Å². The summed E-state index contributed by atoms with van der Waals surface area (Å²) in [5.41, 5.74) is 7.56. The van der Waals surface area contributed by atoms with Crippen molar-refractivity contribution in [1.82, 2.24) is 4.90 Å². The van der Waals surface area contributed by atoms with Gasteiger partial charge in [-0.3, -0.25) is 4.79 Å². The molecule has 0 aromatic heterocycles. The van der Waals surface area contributed by atoms with E-state index in [0.29, 0.717) is 25.4 Å². The normalized spacial score (nSPS) is 17.4. The molecule has 5 nitrogen and oxygen atoms in total. The number of carbonyl (C=O) groups is 2. The molecule has 0 saturated heterocycles. The summed E-state index contributed by atoms with van der Waals surface area (Å²) < 4.78 is 6.18. The van der Waals surface area contributed by atoms with E-state index < -0.39 is 17.7 Å². The van der Waals surface area contributed by atoms with Crippen molar-refractivity contribution >= 4 is 11.9 Å². The standard InChI is InChI=1S/C32H43NO4/c1-20-12-14-24(15-13-20)28-22(3)26-19-33(27(34)18-23-10-8-7-9-11-23)17-16-25(26)21(2)29(28)30(31(35)36)37-32(4,5)6/h12-15,23,30H,7-11,16-19H2,1-6H3,(H,35,36)/t30-/m0/s1. The zero-order valence-corrected chi connectivity index (χ0v) is 23.4. The lowest BCUT2D eigenvalue weighted by Crippen LogP contribution is -2.38. The molecular formula is C32H43NO4. The molecule has 1 saturated carbocycles. The predicted molar refractivity (Wildman–Crippen MR) is 148 cm³/mol. The molecule has 4 rings (SSSR count). The number of benzene rings is 2. The van der Waals surface area contributed by atoms with Crippen molar-refractivity contribution in [3.63, 3.8) is 0 Å². The first-order chi connectivity index (χ1) is 17.5. The molecule has 1 amide bonds. The number of ether oxygens (including phenoxy) is 1. The van der Waals surface area contributed by atoms with Gasteiger partial charge in [0.2, 0.25) is 5.91 Å². The Labute approximate surface area is 222 Å². The molecule has 0 unspecified atom stereocenters. The van der Waals surface area contributed by atoms with E-state index in [1.54, 1.807) is 0 Å². The first kappa shape index (κ1) is 27.4. The lowest BCUT2D eigenvalue weighted by molar-refractivity contribution is -0.160. The van der Waals surface area contributed by atoms with Gasteiger partial charge >= 0.3 is 5.97 Å². The van der Waals surface area contributed by atoms with Gasteiger partial charge < -0.3 is 14.7 Å². The Morgan fingerprint density at radius 1 is 1.00 bits per heavy atom. The second-order valence-electron chi connectivity index (χ2n) is 12.1. The minimum absolute atomic E-state index is 0.259. The summed E-state index contributed by atoms with van der Waals surface area (Å²) in [6.07, 6.45) is 6.41. The zero-order chi connectivity index (χ0) is 26.9. The molecule has 37 heavy (non-hydrogen) atoms. The molecular weight excluding hydrogens is 462 g/mol. The fourth-order valence-corrected chi connectivity index (χ4v) is 6.21. The molecule has 1 aliphatic heterocycles. The van der Waals surface area contributed by atoms with Crippen molar-refractivity contribution in [1.29, 1.82) is 0 Å². The van der Waals surface area contributed by atoms with Crippen molar-refractivity contribution in [3.8, 4) is 11.1 Å². The Morgan fingerprint density at radius 2 is 1.65 bits per heavy atom. The van der Waals surface area contributed by atoms with Crippen molar-refractivity contribution in [2.24, 2.45) is 5.92 Å². The first-order valence-corrected chi connectivity index (χ1v) is 13.9. The molecule has 0 bridgehead atoms. The van der Waals surface area contributed by atoms with E-state index in [9.17, 15) is 14.7 Å². The maximum Gasteiger partial charge on any atom is 0.337 e. The summed E-state index contributed by atoms with van der Waals surface area (Å²) in [6, 6.07) is 8.26. The summed E-state index contributed by atoms with van der Waals surface area (Å²) in [4.78, 5) is 27.9. The number of hydrogen-bond donors (Lipinski definition) is 1. The topological polar surface area (TPSA) is 66.8 Å². The van der Waals surface area contributed by atoms with Crippen LogP contribution in [0.1, 0.15) is 98.8 Å². The van der Waals surface area contributed by atoms with Gasteiger partial charge in [-0.05, 0) is 100 Å². The van der Waals surface area contributed by atoms with Crippen LogP contribution in [-0.2, 0) is 27.3 Å². The molecule has 1 fully saturated rings. The third kappa shape index (κ3) is 6.09. The van der Waals surface area contributed by atoms with Crippen LogP contribution in [0.15, 0.2) is 24.3 Å². The Bertz CT molecular complexity index is 1150. The van der Waals surface area contributed by atoms with Gasteiger partial charge in [0.05, 0.1) is 5.60 Å². The highest BCUT2D eigenvalue weighted by molar-refractivity contribution is 5.84. The summed E-state index contributed by atoms with van der Waals surface area (Å²) in [6.45, 7) is 13.1. The van der Waals surface area contributed by atoms with Gasteiger partial charge in [-0.2, -0.15) is 0 Å². The highest BCUT2D eigenvalue weighted by Gasteiger charge is 2.35. The van der Waals surface area contributed by atoms with Crippen molar-refractivity contribution < 1.29 is 19.4 Å². The smallest absolute Gasteiger partial charge is 0.337 e. The van der Waals surface area contributed by atoms with Gasteiger partial charge in [0.1, 0.15) is 0 Å². The largest absolute Gasteiger partial charge is 0.479 e. The third-order valence-electron chi connectivity index (χ3n) is 8.14. The number of fused-ring (bicyclic) bond motifs is 1. The zero-order valence-electron chi connectivity index (χ0n) is 23.4. The number of rotatable bonds is 6. The minimum atomic E-state index is -1.08. The van der Waals surface area contributed by atoms with E-state index in [4.69, 9.17) is 4.74 Å². The highest BCUT2D eigenvalue weighted by atomic mass is 16.5. The van der Waals surface area contributed by atoms with Crippen molar-refractivity contribution in [3.05, 3.63) is 57.6 Å². The van der Waals surface area contributed by atoms with Crippen molar-refractivity contribution in [2.45, 2.75) is 105 Å². The average molecular weight is 506 g/mol. The predicted octanol–water partition coefficient (Wildman–Crippen LogP) is 7.07. The van der Waals surface area contributed by atoms with Crippen LogP contribution < -0.4 is 0 Å². The van der Waals surface area contributed by atoms with Gasteiger partial charge in [-0.15, -0.1) is 0 Å². The average Bonchev–Trinajstić information content (AvgIpc) is 2.85. The van der Waals surface area contributed by atoms with E-state index in [2.05, 4.69) is 31.2 Å². The monoisotopic (exact) mass is 505 g/mol. The van der Waals surface area contributed by atoms with Crippen LogP contribution in [0.2, 0.25) is 0 Å².